The van der Waals surface area contributed by atoms with E-state index in [0.717, 1.165) is 12.0 Å². The fraction of sp³-hybridized carbons (Fsp3) is 0.357. The highest BCUT2D eigenvalue weighted by Gasteiger charge is 2.07. The van der Waals surface area contributed by atoms with E-state index in [1.54, 1.807) is 6.07 Å². The van der Waals surface area contributed by atoms with Crippen LogP contribution in [0.15, 0.2) is 24.3 Å². The Labute approximate surface area is 107 Å². The van der Waals surface area contributed by atoms with Crippen LogP contribution in [0.4, 0.5) is 0 Å². The van der Waals surface area contributed by atoms with Crippen LogP contribution in [0.25, 0.3) is 6.08 Å². The summed E-state index contributed by atoms with van der Waals surface area (Å²) in [5.41, 5.74) is 0.992. The van der Waals surface area contributed by atoms with Crippen LogP contribution in [0.5, 0.6) is 11.5 Å². The second kappa shape index (κ2) is 7.37. The zero-order valence-electron chi connectivity index (χ0n) is 10.7. The summed E-state index contributed by atoms with van der Waals surface area (Å²) >= 11 is 0. The third-order valence-electron chi connectivity index (χ3n) is 2.14. The lowest BCUT2D eigenvalue weighted by Gasteiger charge is -2.12. The van der Waals surface area contributed by atoms with Crippen molar-refractivity contribution < 1.29 is 19.4 Å². The molecule has 0 spiro atoms. The van der Waals surface area contributed by atoms with Crippen LogP contribution in [0.3, 0.4) is 0 Å². The first-order chi connectivity index (χ1) is 8.67. The van der Waals surface area contributed by atoms with E-state index < -0.39 is 5.97 Å². The molecular formula is C14H18O4. The molecule has 98 valence electrons. The molecule has 0 heterocycles. The molecular weight excluding hydrogens is 232 g/mol. The molecule has 1 rings (SSSR count). The minimum atomic E-state index is -1.01. The second-order valence-corrected chi connectivity index (χ2v) is 3.74. The molecule has 0 radical (unpaired) electrons. The average molecular weight is 250 g/mol. The molecule has 18 heavy (non-hydrogen) atoms. The lowest BCUT2D eigenvalue weighted by molar-refractivity contribution is -0.139. The zero-order chi connectivity index (χ0) is 13.4. The Balaban J connectivity index is 2.88. The van der Waals surface area contributed by atoms with E-state index >= 15 is 0 Å². The number of hydrogen-bond donors (Lipinski definition) is 1. The van der Waals surface area contributed by atoms with Crippen LogP contribution in [0.2, 0.25) is 0 Å². The van der Waals surface area contributed by atoms with Gasteiger partial charge in [-0.05, 0) is 31.0 Å². The van der Waals surface area contributed by atoms with Gasteiger partial charge in [0, 0.05) is 0 Å². The van der Waals surface area contributed by atoms with Crippen molar-refractivity contribution >= 4 is 12.0 Å². The largest absolute Gasteiger partial charge is 0.490 e. The summed E-state index contributed by atoms with van der Waals surface area (Å²) in [5.74, 6) is 0.0294. The molecule has 0 aromatic heterocycles. The summed E-state index contributed by atoms with van der Waals surface area (Å²) in [6.45, 7) is 4.14. The number of aliphatic carboxylic acids is 1. The SMILES string of the molecule is CC=Cc1ccc(OCC(=O)O)c(OCCC)c1. The van der Waals surface area contributed by atoms with Gasteiger partial charge in [0.25, 0.3) is 0 Å². The van der Waals surface area contributed by atoms with Gasteiger partial charge in [-0.1, -0.05) is 25.1 Å². The molecule has 0 unspecified atom stereocenters. The van der Waals surface area contributed by atoms with Crippen molar-refractivity contribution in [1.29, 1.82) is 0 Å². The second-order valence-electron chi connectivity index (χ2n) is 3.74. The van der Waals surface area contributed by atoms with Crippen LogP contribution in [-0.2, 0) is 4.79 Å². The number of hydrogen-bond acceptors (Lipinski definition) is 3. The number of allylic oxidation sites excluding steroid dienone is 1. The number of carboxylic acids is 1. The Morgan fingerprint density at radius 2 is 2.11 bits per heavy atom. The predicted octanol–water partition coefficient (Wildman–Crippen LogP) is 2.97. The molecule has 1 N–H and O–H groups in total. The van der Waals surface area contributed by atoms with Gasteiger partial charge < -0.3 is 14.6 Å². The molecule has 0 bridgehead atoms. The average Bonchev–Trinajstić information content (AvgIpc) is 2.35. The summed E-state index contributed by atoms with van der Waals surface area (Å²) in [7, 11) is 0. The quantitative estimate of drug-likeness (QED) is 0.808. The van der Waals surface area contributed by atoms with Gasteiger partial charge in [-0.3, -0.25) is 0 Å². The fourth-order valence-electron chi connectivity index (χ4n) is 1.40. The topological polar surface area (TPSA) is 55.8 Å². The monoisotopic (exact) mass is 250 g/mol. The third-order valence-corrected chi connectivity index (χ3v) is 2.14. The highest BCUT2D eigenvalue weighted by atomic mass is 16.5. The maximum atomic E-state index is 10.5. The first-order valence-corrected chi connectivity index (χ1v) is 5.91. The van der Waals surface area contributed by atoms with Gasteiger partial charge in [0.05, 0.1) is 6.61 Å². The number of carbonyl (C=O) groups is 1. The molecule has 0 saturated heterocycles. The smallest absolute Gasteiger partial charge is 0.341 e. The molecule has 0 aliphatic carbocycles. The van der Waals surface area contributed by atoms with Crippen molar-refractivity contribution in [1.82, 2.24) is 0 Å². The van der Waals surface area contributed by atoms with Gasteiger partial charge >= 0.3 is 5.97 Å². The standard InChI is InChI=1S/C14H18O4/c1-3-5-11-6-7-12(18-10-14(15)16)13(9-11)17-8-4-2/h3,5-7,9H,4,8,10H2,1-2H3,(H,15,16). The lowest BCUT2D eigenvalue weighted by atomic mass is 10.2. The summed E-state index contributed by atoms with van der Waals surface area (Å²) in [5, 5.41) is 8.60. The van der Waals surface area contributed by atoms with Crippen LogP contribution >= 0.6 is 0 Å². The van der Waals surface area contributed by atoms with Crippen molar-refractivity contribution in [3.05, 3.63) is 29.8 Å². The molecule has 0 aliphatic heterocycles. The van der Waals surface area contributed by atoms with Crippen LogP contribution < -0.4 is 9.47 Å². The molecule has 0 saturated carbocycles. The van der Waals surface area contributed by atoms with Crippen molar-refractivity contribution in [3.63, 3.8) is 0 Å². The highest BCUT2D eigenvalue weighted by molar-refractivity contribution is 5.68. The van der Waals surface area contributed by atoms with E-state index in [9.17, 15) is 4.79 Å². The normalized spacial score (nSPS) is 10.6. The Morgan fingerprint density at radius 1 is 1.33 bits per heavy atom. The fourth-order valence-corrected chi connectivity index (χ4v) is 1.40. The van der Waals surface area contributed by atoms with Gasteiger partial charge in [-0.25, -0.2) is 4.79 Å². The third kappa shape index (κ3) is 4.49. The summed E-state index contributed by atoms with van der Waals surface area (Å²) < 4.78 is 10.7. The van der Waals surface area contributed by atoms with Crippen molar-refractivity contribution in [2.75, 3.05) is 13.2 Å². The van der Waals surface area contributed by atoms with Crippen molar-refractivity contribution in [2.24, 2.45) is 0 Å². The van der Waals surface area contributed by atoms with E-state index in [2.05, 4.69) is 0 Å². The van der Waals surface area contributed by atoms with Gasteiger partial charge in [0.2, 0.25) is 0 Å². The number of ether oxygens (including phenoxy) is 2. The maximum absolute atomic E-state index is 10.5. The molecule has 0 aliphatic rings. The van der Waals surface area contributed by atoms with Crippen LogP contribution in [0.1, 0.15) is 25.8 Å². The molecule has 1 aromatic rings. The van der Waals surface area contributed by atoms with Gasteiger partial charge in [-0.2, -0.15) is 0 Å². The van der Waals surface area contributed by atoms with Crippen molar-refractivity contribution in [3.8, 4) is 11.5 Å². The number of rotatable bonds is 7. The predicted molar refractivity (Wildman–Crippen MR) is 70.1 cm³/mol. The van der Waals surface area contributed by atoms with Gasteiger partial charge in [-0.15, -0.1) is 0 Å². The summed E-state index contributed by atoms with van der Waals surface area (Å²) in [6, 6.07) is 5.42. The molecule has 0 fully saturated rings. The van der Waals surface area contributed by atoms with E-state index in [-0.39, 0.29) is 6.61 Å². The molecule has 1 aromatic carbocycles. The lowest BCUT2D eigenvalue weighted by Crippen LogP contribution is -2.10. The zero-order valence-corrected chi connectivity index (χ0v) is 10.7. The van der Waals surface area contributed by atoms with Crippen LogP contribution in [-0.4, -0.2) is 24.3 Å². The van der Waals surface area contributed by atoms with E-state index in [1.807, 2.05) is 38.1 Å². The molecule has 4 nitrogen and oxygen atoms in total. The minimum absolute atomic E-state index is 0.370. The Kier molecular flexibility index (Phi) is 5.77. The van der Waals surface area contributed by atoms with Crippen molar-refractivity contribution in [2.45, 2.75) is 20.3 Å². The first kappa shape index (κ1) is 14.1. The van der Waals surface area contributed by atoms with Crippen LogP contribution in [0, 0.1) is 0 Å². The Morgan fingerprint density at radius 3 is 2.72 bits per heavy atom. The first-order valence-electron chi connectivity index (χ1n) is 5.91. The van der Waals surface area contributed by atoms with E-state index in [1.165, 1.54) is 0 Å². The number of carboxylic acid groups (broad SMARTS) is 1. The Bertz CT molecular complexity index is 424. The molecule has 4 heteroatoms. The van der Waals surface area contributed by atoms with E-state index in [0.29, 0.717) is 18.1 Å². The highest BCUT2D eigenvalue weighted by Crippen LogP contribution is 2.29. The van der Waals surface area contributed by atoms with E-state index in [4.69, 9.17) is 14.6 Å². The minimum Gasteiger partial charge on any atom is -0.490 e. The molecule has 0 amide bonds. The van der Waals surface area contributed by atoms with Gasteiger partial charge in [0.15, 0.2) is 18.1 Å². The Hall–Kier alpha value is -1.97. The summed E-state index contributed by atoms with van der Waals surface area (Å²) in [4.78, 5) is 10.5. The molecule has 0 atom stereocenters. The van der Waals surface area contributed by atoms with Gasteiger partial charge in [0.1, 0.15) is 0 Å². The maximum Gasteiger partial charge on any atom is 0.341 e. The summed E-state index contributed by atoms with van der Waals surface area (Å²) in [6.07, 6.45) is 4.75. The number of benzene rings is 1.